The number of rotatable bonds is 3. The van der Waals surface area contributed by atoms with Crippen molar-refractivity contribution >= 4 is 32.9 Å². The zero-order valence-corrected chi connectivity index (χ0v) is 22.3. The minimum Gasteiger partial charge on any atom is -0.487 e. The molecular weight excluding hydrogens is 503 g/mol. The van der Waals surface area contributed by atoms with E-state index in [1.165, 1.54) is 23.0 Å². The molecule has 0 radical (unpaired) electrons. The highest BCUT2D eigenvalue weighted by molar-refractivity contribution is 7.15. The summed E-state index contributed by atoms with van der Waals surface area (Å²) in [5.41, 5.74) is 4.26. The molecule has 1 atom stereocenters. The maximum atomic E-state index is 15.7. The molecule has 7 rings (SSSR count). The molecule has 194 valence electrons. The van der Waals surface area contributed by atoms with E-state index in [1.807, 2.05) is 28.0 Å². The summed E-state index contributed by atoms with van der Waals surface area (Å²) < 4.78 is 25.6. The summed E-state index contributed by atoms with van der Waals surface area (Å²) in [6, 6.07) is 9.55. The topological polar surface area (TPSA) is 67.9 Å². The van der Waals surface area contributed by atoms with Crippen LogP contribution in [0.15, 0.2) is 46.7 Å². The van der Waals surface area contributed by atoms with Crippen LogP contribution >= 0.6 is 11.3 Å². The number of hydrogen-bond acceptors (Lipinski definition) is 7. The summed E-state index contributed by atoms with van der Waals surface area (Å²) in [5, 5.41) is 7.04. The molecule has 3 aromatic heterocycles. The van der Waals surface area contributed by atoms with Crippen LogP contribution in [-0.2, 0) is 0 Å². The number of pyridine rings is 1. The number of halogens is 1. The van der Waals surface area contributed by atoms with Gasteiger partial charge in [-0.3, -0.25) is 4.79 Å². The number of aromatic nitrogens is 4. The number of thiazole rings is 1. The average molecular weight is 531 g/mol. The van der Waals surface area contributed by atoms with Crippen LogP contribution in [0.4, 0.5) is 10.1 Å². The first-order chi connectivity index (χ1) is 18.4. The lowest BCUT2D eigenvalue weighted by Gasteiger charge is -2.37. The van der Waals surface area contributed by atoms with E-state index in [2.05, 4.69) is 43.1 Å². The zero-order chi connectivity index (χ0) is 26.1. The van der Waals surface area contributed by atoms with Crippen LogP contribution < -0.4 is 15.1 Å². The summed E-state index contributed by atoms with van der Waals surface area (Å²) in [7, 11) is 2.06. The molecule has 0 bridgehead atoms. The summed E-state index contributed by atoms with van der Waals surface area (Å²) in [6.07, 6.45) is 1.82. The van der Waals surface area contributed by atoms with Crippen LogP contribution in [0.25, 0.3) is 38.5 Å². The first-order valence-corrected chi connectivity index (χ1v) is 13.7. The van der Waals surface area contributed by atoms with E-state index in [-0.39, 0.29) is 16.9 Å². The molecule has 0 aliphatic carbocycles. The van der Waals surface area contributed by atoms with Gasteiger partial charge in [-0.1, -0.05) is 29.8 Å². The van der Waals surface area contributed by atoms with Crippen LogP contribution in [0.1, 0.15) is 18.5 Å². The SMILES string of the molecule is Cc1ccc(-c2csc3nc(-c4cn5c6c(c(N7CCN(C)CC7)c(F)cc6c4=O)OCC5C)nn23)cc1. The van der Waals surface area contributed by atoms with Crippen molar-refractivity contribution in [2.45, 2.75) is 19.9 Å². The highest BCUT2D eigenvalue weighted by atomic mass is 32.1. The molecule has 1 unspecified atom stereocenters. The van der Waals surface area contributed by atoms with Gasteiger partial charge in [0.25, 0.3) is 0 Å². The third-order valence-electron chi connectivity index (χ3n) is 7.63. The Labute approximate surface area is 222 Å². The average Bonchev–Trinajstić information content (AvgIpc) is 3.50. The van der Waals surface area contributed by atoms with Crippen LogP contribution in [0, 0.1) is 12.7 Å². The predicted molar refractivity (Wildman–Crippen MR) is 148 cm³/mol. The van der Waals surface area contributed by atoms with E-state index in [0.717, 1.165) is 24.3 Å². The Bertz CT molecular complexity index is 1760. The van der Waals surface area contributed by atoms with Gasteiger partial charge in [0.05, 0.1) is 28.2 Å². The van der Waals surface area contributed by atoms with E-state index < -0.39 is 5.82 Å². The summed E-state index contributed by atoms with van der Waals surface area (Å²) in [6.45, 7) is 7.55. The Morgan fingerprint density at radius 3 is 2.66 bits per heavy atom. The quantitative estimate of drug-likeness (QED) is 0.340. The lowest BCUT2D eigenvalue weighted by Crippen LogP contribution is -2.45. The highest BCUT2D eigenvalue weighted by Crippen LogP contribution is 2.42. The monoisotopic (exact) mass is 530 g/mol. The molecule has 2 aromatic carbocycles. The highest BCUT2D eigenvalue weighted by Gasteiger charge is 2.31. The van der Waals surface area contributed by atoms with E-state index in [4.69, 9.17) is 14.8 Å². The molecule has 0 spiro atoms. The fraction of sp³-hybridized carbons (Fsp3) is 0.321. The van der Waals surface area contributed by atoms with Crippen molar-refractivity contribution < 1.29 is 9.13 Å². The molecule has 0 amide bonds. The van der Waals surface area contributed by atoms with Gasteiger partial charge in [0.2, 0.25) is 10.4 Å². The number of hydrogen-bond donors (Lipinski definition) is 0. The molecule has 2 aliphatic heterocycles. The number of piperazine rings is 1. The van der Waals surface area contributed by atoms with Gasteiger partial charge in [0, 0.05) is 43.3 Å². The molecule has 1 saturated heterocycles. The minimum absolute atomic E-state index is 0.0398. The maximum absolute atomic E-state index is 15.7. The molecule has 38 heavy (non-hydrogen) atoms. The Balaban J connectivity index is 1.40. The van der Waals surface area contributed by atoms with Gasteiger partial charge in [-0.05, 0) is 27.0 Å². The molecule has 5 aromatic rings. The number of aryl methyl sites for hydroxylation is 1. The van der Waals surface area contributed by atoms with Crippen LogP contribution in [0.5, 0.6) is 5.75 Å². The van der Waals surface area contributed by atoms with E-state index in [0.29, 0.717) is 53.0 Å². The van der Waals surface area contributed by atoms with Gasteiger partial charge in [0.15, 0.2) is 17.4 Å². The number of ether oxygens (including phenoxy) is 1. The lowest BCUT2D eigenvalue weighted by molar-refractivity contribution is 0.245. The zero-order valence-electron chi connectivity index (χ0n) is 21.4. The molecule has 0 N–H and O–H groups in total. The van der Waals surface area contributed by atoms with Crippen LogP contribution in [0.2, 0.25) is 0 Å². The van der Waals surface area contributed by atoms with E-state index in [1.54, 1.807) is 4.52 Å². The van der Waals surface area contributed by atoms with Crippen molar-refractivity contribution in [1.29, 1.82) is 0 Å². The second-order valence-corrected chi connectivity index (χ2v) is 11.1. The van der Waals surface area contributed by atoms with Crippen molar-refractivity contribution in [2.75, 3.05) is 44.7 Å². The van der Waals surface area contributed by atoms with Crippen molar-refractivity contribution in [2.24, 2.45) is 0 Å². The van der Waals surface area contributed by atoms with Gasteiger partial charge in [-0.25, -0.2) is 8.91 Å². The van der Waals surface area contributed by atoms with Crippen molar-refractivity contribution in [3.63, 3.8) is 0 Å². The Hall–Kier alpha value is -3.76. The van der Waals surface area contributed by atoms with E-state index in [9.17, 15) is 4.79 Å². The number of nitrogens with zero attached hydrogens (tertiary/aromatic N) is 6. The molecule has 0 saturated carbocycles. The smallest absolute Gasteiger partial charge is 0.213 e. The third-order valence-corrected chi connectivity index (χ3v) is 8.45. The molecule has 8 nitrogen and oxygen atoms in total. The van der Waals surface area contributed by atoms with Gasteiger partial charge in [0.1, 0.15) is 12.3 Å². The third kappa shape index (κ3) is 3.54. The molecular formula is C28H27FN6O2S. The Kier molecular flexibility index (Phi) is 5.31. The first kappa shape index (κ1) is 23.4. The standard InChI is InChI=1S/C28H27FN6O2S/c1-16-4-6-18(7-5-16)22-15-38-28-30-27(31-35(22)28)20-13-34-17(2)14-37-26-23(34)19(25(20)36)12-21(29)24(26)33-10-8-32(3)9-11-33/h4-7,12-13,15,17H,8-11,14H2,1-3H3. The van der Waals surface area contributed by atoms with Crippen LogP contribution in [-0.4, -0.2) is 63.9 Å². The van der Waals surface area contributed by atoms with Crippen molar-refractivity contribution in [3.05, 3.63) is 63.5 Å². The lowest BCUT2D eigenvalue weighted by atomic mass is 10.0. The molecule has 1 fully saturated rings. The summed E-state index contributed by atoms with van der Waals surface area (Å²) >= 11 is 1.47. The molecule has 2 aliphatic rings. The number of fused-ring (bicyclic) bond motifs is 1. The summed E-state index contributed by atoms with van der Waals surface area (Å²) in [5.74, 6) is 0.351. The summed E-state index contributed by atoms with van der Waals surface area (Å²) in [4.78, 5) is 23.5. The van der Waals surface area contributed by atoms with Gasteiger partial charge in [-0.2, -0.15) is 4.98 Å². The number of anilines is 1. The van der Waals surface area contributed by atoms with Gasteiger partial charge >= 0.3 is 0 Å². The second-order valence-electron chi connectivity index (χ2n) is 10.3. The fourth-order valence-electron chi connectivity index (χ4n) is 5.41. The Morgan fingerprint density at radius 1 is 1.13 bits per heavy atom. The first-order valence-electron chi connectivity index (χ1n) is 12.8. The number of benzene rings is 2. The van der Waals surface area contributed by atoms with Crippen LogP contribution in [0.3, 0.4) is 0 Å². The number of likely N-dealkylation sites (N-methyl/N-ethyl adjacent to an activating group) is 1. The fourth-order valence-corrected chi connectivity index (χ4v) is 6.25. The molecule has 5 heterocycles. The molecule has 10 heteroatoms. The van der Waals surface area contributed by atoms with Gasteiger partial charge < -0.3 is 19.1 Å². The van der Waals surface area contributed by atoms with E-state index >= 15 is 4.39 Å². The second kappa shape index (κ2) is 8.64. The maximum Gasteiger partial charge on any atom is 0.213 e. The Morgan fingerprint density at radius 2 is 1.89 bits per heavy atom. The minimum atomic E-state index is -0.437. The predicted octanol–water partition coefficient (Wildman–Crippen LogP) is 4.59. The largest absolute Gasteiger partial charge is 0.487 e. The van der Waals surface area contributed by atoms with Gasteiger partial charge in [-0.15, -0.1) is 16.4 Å². The van der Waals surface area contributed by atoms with Crippen molar-refractivity contribution in [1.82, 2.24) is 24.1 Å². The van der Waals surface area contributed by atoms with Crippen molar-refractivity contribution in [3.8, 4) is 28.4 Å². The normalized spacial score (nSPS) is 17.9.